The Hall–Kier alpha value is -1.39. The number of hydrogen-bond acceptors (Lipinski definition) is 3. The molecule has 0 unspecified atom stereocenters. The zero-order chi connectivity index (χ0) is 19.8. The molecule has 2 saturated heterocycles. The first kappa shape index (κ1) is 21.3. The van der Waals surface area contributed by atoms with Crippen molar-refractivity contribution >= 4 is 5.91 Å². The normalized spacial score (nSPS) is 22.5. The van der Waals surface area contributed by atoms with E-state index in [1.54, 1.807) is 0 Å². The van der Waals surface area contributed by atoms with E-state index in [1.807, 2.05) is 0 Å². The Kier molecular flexibility index (Phi) is 8.35. The summed E-state index contributed by atoms with van der Waals surface area (Å²) in [7, 11) is 0. The first-order valence-electron chi connectivity index (χ1n) is 11.4. The van der Waals surface area contributed by atoms with E-state index in [9.17, 15) is 4.79 Å². The van der Waals surface area contributed by atoms with Gasteiger partial charge in [0.15, 0.2) is 0 Å². The standard InChI is InChI=1S/C24H39N3O/c1-20(2)10-14-25-24(28)22-9-6-15-27(19-22)23-12-17-26(18-13-23)16-11-21-7-4-3-5-8-21/h3-5,7-8,20,22-23H,6,9-19H2,1-2H3,(H,25,28)/t22-/m0/s1. The van der Waals surface area contributed by atoms with Crippen molar-refractivity contribution in [3.63, 3.8) is 0 Å². The molecule has 3 rings (SSSR count). The zero-order valence-electron chi connectivity index (χ0n) is 17.9. The highest BCUT2D eigenvalue weighted by Gasteiger charge is 2.31. The van der Waals surface area contributed by atoms with Crippen LogP contribution in [0.1, 0.15) is 51.5 Å². The molecule has 1 aromatic rings. The molecule has 2 heterocycles. The van der Waals surface area contributed by atoms with Gasteiger partial charge in [-0.25, -0.2) is 0 Å². The van der Waals surface area contributed by atoms with Crippen LogP contribution in [0.15, 0.2) is 30.3 Å². The second-order valence-corrected chi connectivity index (χ2v) is 9.12. The van der Waals surface area contributed by atoms with Gasteiger partial charge in [-0.3, -0.25) is 9.69 Å². The molecule has 2 fully saturated rings. The fourth-order valence-corrected chi connectivity index (χ4v) is 4.62. The number of nitrogens with zero attached hydrogens (tertiary/aromatic N) is 2. The van der Waals surface area contributed by atoms with Crippen LogP contribution in [0.4, 0.5) is 0 Å². The minimum atomic E-state index is 0.192. The van der Waals surface area contributed by atoms with E-state index in [0.717, 1.165) is 45.3 Å². The van der Waals surface area contributed by atoms with Crippen molar-refractivity contribution in [3.8, 4) is 0 Å². The molecule has 0 aliphatic carbocycles. The Morgan fingerprint density at radius 2 is 1.86 bits per heavy atom. The van der Waals surface area contributed by atoms with Gasteiger partial charge in [-0.1, -0.05) is 44.2 Å². The summed E-state index contributed by atoms with van der Waals surface area (Å²) in [4.78, 5) is 17.8. The lowest BCUT2D eigenvalue weighted by molar-refractivity contribution is -0.127. The maximum absolute atomic E-state index is 12.5. The van der Waals surface area contributed by atoms with E-state index in [-0.39, 0.29) is 11.8 Å². The number of carbonyl (C=O) groups is 1. The molecule has 1 aromatic carbocycles. The van der Waals surface area contributed by atoms with E-state index in [4.69, 9.17) is 0 Å². The van der Waals surface area contributed by atoms with Gasteiger partial charge in [-0.2, -0.15) is 0 Å². The molecule has 4 nitrogen and oxygen atoms in total. The predicted octanol–water partition coefficient (Wildman–Crippen LogP) is 3.57. The molecule has 0 bridgehead atoms. The van der Waals surface area contributed by atoms with Crippen LogP contribution in [0, 0.1) is 11.8 Å². The first-order valence-corrected chi connectivity index (χ1v) is 11.4. The van der Waals surface area contributed by atoms with Crippen molar-refractivity contribution in [1.82, 2.24) is 15.1 Å². The second kappa shape index (κ2) is 11.0. The third kappa shape index (κ3) is 6.59. The maximum atomic E-state index is 12.5. The summed E-state index contributed by atoms with van der Waals surface area (Å²) in [5, 5.41) is 3.17. The molecule has 156 valence electrons. The average Bonchev–Trinajstić information content (AvgIpc) is 2.73. The fourth-order valence-electron chi connectivity index (χ4n) is 4.62. The number of amides is 1. The summed E-state index contributed by atoms with van der Waals surface area (Å²) < 4.78 is 0. The summed E-state index contributed by atoms with van der Waals surface area (Å²) in [5.74, 6) is 1.12. The summed E-state index contributed by atoms with van der Waals surface area (Å²) in [6.45, 7) is 10.9. The molecular weight excluding hydrogens is 346 g/mol. The summed E-state index contributed by atoms with van der Waals surface area (Å²) in [5.41, 5.74) is 1.44. The largest absolute Gasteiger partial charge is 0.356 e. The Morgan fingerprint density at radius 3 is 2.57 bits per heavy atom. The highest BCUT2D eigenvalue weighted by molar-refractivity contribution is 5.78. The molecule has 1 N–H and O–H groups in total. The Labute approximate surface area is 171 Å². The number of nitrogens with one attached hydrogen (secondary N) is 1. The van der Waals surface area contributed by atoms with Crippen LogP contribution in [-0.4, -0.2) is 61.0 Å². The smallest absolute Gasteiger partial charge is 0.224 e. The number of hydrogen-bond donors (Lipinski definition) is 1. The number of piperidine rings is 2. The fraction of sp³-hybridized carbons (Fsp3) is 0.708. The molecule has 0 aromatic heterocycles. The topological polar surface area (TPSA) is 35.6 Å². The summed E-state index contributed by atoms with van der Waals surface area (Å²) >= 11 is 0. The molecule has 28 heavy (non-hydrogen) atoms. The van der Waals surface area contributed by atoms with Crippen molar-refractivity contribution in [1.29, 1.82) is 0 Å². The van der Waals surface area contributed by atoms with Crippen LogP contribution in [0.5, 0.6) is 0 Å². The Morgan fingerprint density at radius 1 is 1.11 bits per heavy atom. The predicted molar refractivity (Wildman–Crippen MR) is 116 cm³/mol. The van der Waals surface area contributed by atoms with Crippen LogP contribution < -0.4 is 5.32 Å². The molecule has 2 aliphatic heterocycles. The molecule has 0 spiro atoms. The van der Waals surface area contributed by atoms with Crippen molar-refractivity contribution in [2.45, 2.75) is 58.4 Å². The van der Waals surface area contributed by atoms with E-state index < -0.39 is 0 Å². The van der Waals surface area contributed by atoms with Gasteiger partial charge in [0, 0.05) is 25.7 Å². The van der Waals surface area contributed by atoms with Gasteiger partial charge in [-0.15, -0.1) is 0 Å². The first-order chi connectivity index (χ1) is 13.6. The zero-order valence-corrected chi connectivity index (χ0v) is 17.9. The minimum absolute atomic E-state index is 0.192. The van der Waals surface area contributed by atoms with Crippen molar-refractivity contribution in [2.24, 2.45) is 11.8 Å². The monoisotopic (exact) mass is 385 g/mol. The summed E-state index contributed by atoms with van der Waals surface area (Å²) in [6.07, 6.45) is 6.93. The lowest BCUT2D eigenvalue weighted by Crippen LogP contribution is -2.51. The SMILES string of the molecule is CC(C)CCNC(=O)[C@H]1CCCN(C2CCN(CCc3ccccc3)CC2)C1. The van der Waals surface area contributed by atoms with Crippen LogP contribution >= 0.6 is 0 Å². The number of benzene rings is 1. The molecule has 4 heteroatoms. The van der Waals surface area contributed by atoms with Crippen molar-refractivity contribution in [2.75, 3.05) is 39.3 Å². The third-order valence-electron chi connectivity index (χ3n) is 6.48. The number of likely N-dealkylation sites (tertiary alicyclic amines) is 2. The second-order valence-electron chi connectivity index (χ2n) is 9.12. The van der Waals surface area contributed by atoms with E-state index in [1.165, 1.54) is 38.0 Å². The van der Waals surface area contributed by atoms with Gasteiger partial charge >= 0.3 is 0 Å². The lowest BCUT2D eigenvalue weighted by atomic mass is 9.93. The molecule has 1 amide bonds. The van der Waals surface area contributed by atoms with Gasteiger partial charge in [0.05, 0.1) is 5.92 Å². The molecule has 0 saturated carbocycles. The van der Waals surface area contributed by atoms with Crippen LogP contribution in [0.25, 0.3) is 0 Å². The third-order valence-corrected chi connectivity index (χ3v) is 6.48. The number of carbonyl (C=O) groups excluding carboxylic acids is 1. The molecule has 1 atom stereocenters. The maximum Gasteiger partial charge on any atom is 0.224 e. The van der Waals surface area contributed by atoms with E-state index in [2.05, 4.69) is 59.3 Å². The van der Waals surface area contributed by atoms with Gasteiger partial charge in [0.1, 0.15) is 0 Å². The summed E-state index contributed by atoms with van der Waals surface area (Å²) in [6, 6.07) is 11.5. The quantitative estimate of drug-likeness (QED) is 0.743. The van der Waals surface area contributed by atoms with Gasteiger partial charge in [0.25, 0.3) is 0 Å². The van der Waals surface area contributed by atoms with E-state index >= 15 is 0 Å². The molecule has 0 radical (unpaired) electrons. The average molecular weight is 386 g/mol. The van der Waals surface area contributed by atoms with E-state index in [0.29, 0.717) is 12.0 Å². The lowest BCUT2D eigenvalue weighted by Gasteiger charge is -2.42. The van der Waals surface area contributed by atoms with Gasteiger partial charge in [-0.05, 0) is 69.6 Å². The van der Waals surface area contributed by atoms with Crippen molar-refractivity contribution < 1.29 is 4.79 Å². The van der Waals surface area contributed by atoms with Crippen molar-refractivity contribution in [3.05, 3.63) is 35.9 Å². The Balaban J connectivity index is 1.38. The minimum Gasteiger partial charge on any atom is -0.356 e. The molecular formula is C24H39N3O. The van der Waals surface area contributed by atoms with Gasteiger partial charge < -0.3 is 10.2 Å². The van der Waals surface area contributed by atoms with Crippen LogP contribution in [0.2, 0.25) is 0 Å². The van der Waals surface area contributed by atoms with Crippen LogP contribution in [0.3, 0.4) is 0 Å². The Bertz CT molecular complexity index is 581. The highest BCUT2D eigenvalue weighted by Crippen LogP contribution is 2.24. The number of rotatable bonds is 8. The van der Waals surface area contributed by atoms with Gasteiger partial charge in [0.2, 0.25) is 5.91 Å². The highest BCUT2D eigenvalue weighted by atomic mass is 16.1. The van der Waals surface area contributed by atoms with Crippen LogP contribution in [-0.2, 0) is 11.2 Å². The molecule has 2 aliphatic rings.